The Bertz CT molecular complexity index is 722. The van der Waals surface area contributed by atoms with Crippen molar-refractivity contribution in [3.05, 3.63) is 53.6 Å². The summed E-state index contributed by atoms with van der Waals surface area (Å²) in [5, 5.41) is 3.01. The Balaban J connectivity index is 1.86. The fourth-order valence-electron chi connectivity index (χ4n) is 2.41. The van der Waals surface area contributed by atoms with Crippen molar-refractivity contribution in [2.75, 3.05) is 12.1 Å². The van der Waals surface area contributed by atoms with Crippen molar-refractivity contribution in [3.8, 4) is 11.5 Å². The van der Waals surface area contributed by atoms with E-state index in [2.05, 4.69) is 5.32 Å². The van der Waals surface area contributed by atoms with E-state index < -0.39 is 5.41 Å². The van der Waals surface area contributed by atoms with E-state index in [-0.39, 0.29) is 12.7 Å². The molecule has 1 N–H and O–H groups in total. The molecule has 4 heteroatoms. The Morgan fingerprint density at radius 2 is 1.82 bits per heavy atom. The van der Waals surface area contributed by atoms with Gasteiger partial charge in [-0.3, -0.25) is 4.79 Å². The second-order valence-electron chi connectivity index (χ2n) is 5.96. The van der Waals surface area contributed by atoms with E-state index >= 15 is 0 Å². The number of ether oxygens (including phenoxy) is 2. The van der Waals surface area contributed by atoms with Gasteiger partial charge in [0.05, 0.1) is 5.41 Å². The van der Waals surface area contributed by atoms with Gasteiger partial charge in [0, 0.05) is 5.69 Å². The lowest BCUT2D eigenvalue weighted by Gasteiger charge is -2.25. The standard InChI is InChI=1S/C18H19NO3/c1-12-6-4-5-7-14(12)19-17(20)18(2,3)13-8-9-15-16(10-13)22-11-21-15/h4-10H,11H2,1-3H3,(H,19,20). The van der Waals surface area contributed by atoms with Gasteiger partial charge >= 0.3 is 0 Å². The Kier molecular flexibility index (Phi) is 3.53. The average Bonchev–Trinajstić information content (AvgIpc) is 2.97. The first-order chi connectivity index (χ1) is 10.5. The molecule has 0 unspecified atom stereocenters. The summed E-state index contributed by atoms with van der Waals surface area (Å²) in [5.74, 6) is 1.36. The molecule has 0 spiro atoms. The highest BCUT2D eigenvalue weighted by Gasteiger charge is 2.31. The maximum atomic E-state index is 12.7. The summed E-state index contributed by atoms with van der Waals surface area (Å²) in [4.78, 5) is 12.7. The molecule has 0 saturated heterocycles. The summed E-state index contributed by atoms with van der Waals surface area (Å²) in [6.07, 6.45) is 0. The molecule has 0 saturated carbocycles. The van der Waals surface area contributed by atoms with Crippen molar-refractivity contribution in [1.82, 2.24) is 0 Å². The number of carbonyl (C=O) groups is 1. The molecule has 1 heterocycles. The average molecular weight is 297 g/mol. The van der Waals surface area contributed by atoms with Crippen molar-refractivity contribution in [1.29, 1.82) is 0 Å². The van der Waals surface area contributed by atoms with Crippen molar-refractivity contribution >= 4 is 11.6 Å². The van der Waals surface area contributed by atoms with E-state index in [1.54, 1.807) is 0 Å². The monoisotopic (exact) mass is 297 g/mol. The van der Waals surface area contributed by atoms with E-state index in [4.69, 9.17) is 9.47 Å². The molecule has 1 amide bonds. The van der Waals surface area contributed by atoms with Gasteiger partial charge in [0.2, 0.25) is 12.7 Å². The molecule has 114 valence electrons. The zero-order valence-electron chi connectivity index (χ0n) is 13.0. The van der Waals surface area contributed by atoms with Gasteiger partial charge < -0.3 is 14.8 Å². The molecule has 1 aliphatic heterocycles. The highest BCUT2D eigenvalue weighted by molar-refractivity contribution is 5.99. The number of anilines is 1. The van der Waals surface area contributed by atoms with Crippen LogP contribution in [0.15, 0.2) is 42.5 Å². The third-order valence-corrected chi connectivity index (χ3v) is 4.06. The molecule has 2 aromatic carbocycles. The van der Waals surface area contributed by atoms with Crippen LogP contribution in [0.4, 0.5) is 5.69 Å². The van der Waals surface area contributed by atoms with Crippen molar-refractivity contribution in [3.63, 3.8) is 0 Å². The summed E-state index contributed by atoms with van der Waals surface area (Å²) < 4.78 is 10.7. The fourth-order valence-corrected chi connectivity index (χ4v) is 2.41. The van der Waals surface area contributed by atoms with Gasteiger partial charge in [-0.05, 0) is 50.1 Å². The molecule has 0 aromatic heterocycles. The van der Waals surface area contributed by atoms with Crippen molar-refractivity contribution in [2.24, 2.45) is 0 Å². The first-order valence-electron chi connectivity index (χ1n) is 7.26. The molecule has 3 rings (SSSR count). The minimum Gasteiger partial charge on any atom is -0.454 e. The maximum absolute atomic E-state index is 12.7. The molecule has 1 aliphatic rings. The van der Waals surface area contributed by atoms with E-state index in [0.717, 1.165) is 22.6 Å². The minimum absolute atomic E-state index is 0.0549. The summed E-state index contributed by atoms with van der Waals surface area (Å²) in [5.41, 5.74) is 2.09. The van der Waals surface area contributed by atoms with Crippen LogP contribution < -0.4 is 14.8 Å². The lowest BCUT2D eigenvalue weighted by molar-refractivity contribution is -0.120. The van der Waals surface area contributed by atoms with Gasteiger partial charge in [0.1, 0.15) is 0 Å². The normalized spacial score (nSPS) is 13.0. The van der Waals surface area contributed by atoms with Gasteiger partial charge in [-0.15, -0.1) is 0 Å². The summed E-state index contributed by atoms with van der Waals surface area (Å²) >= 11 is 0. The predicted molar refractivity (Wildman–Crippen MR) is 85.4 cm³/mol. The van der Waals surface area contributed by atoms with Gasteiger partial charge in [-0.25, -0.2) is 0 Å². The molecule has 2 aromatic rings. The Labute approximate surface area is 130 Å². The summed E-state index contributed by atoms with van der Waals surface area (Å²) in [7, 11) is 0. The molecule has 0 atom stereocenters. The van der Waals surface area contributed by atoms with E-state index in [1.807, 2.05) is 63.2 Å². The third-order valence-electron chi connectivity index (χ3n) is 4.06. The molecule has 0 aliphatic carbocycles. The molecule has 22 heavy (non-hydrogen) atoms. The minimum atomic E-state index is -0.677. The Morgan fingerprint density at radius 1 is 1.09 bits per heavy atom. The highest BCUT2D eigenvalue weighted by atomic mass is 16.7. The molecular weight excluding hydrogens is 278 g/mol. The number of para-hydroxylation sites is 1. The summed E-state index contributed by atoms with van der Waals surface area (Å²) in [6.45, 7) is 6.01. The maximum Gasteiger partial charge on any atom is 0.234 e. The smallest absolute Gasteiger partial charge is 0.234 e. The zero-order valence-corrected chi connectivity index (χ0v) is 13.0. The topological polar surface area (TPSA) is 47.6 Å². The SMILES string of the molecule is Cc1ccccc1NC(=O)C(C)(C)c1ccc2c(c1)OCO2. The summed E-state index contributed by atoms with van der Waals surface area (Å²) in [6, 6.07) is 13.4. The number of fused-ring (bicyclic) bond motifs is 1. The number of rotatable bonds is 3. The lowest BCUT2D eigenvalue weighted by atomic mass is 9.83. The molecular formula is C18H19NO3. The third kappa shape index (κ3) is 2.52. The fraction of sp³-hybridized carbons (Fsp3) is 0.278. The molecule has 0 bridgehead atoms. The molecule has 0 fully saturated rings. The van der Waals surface area contributed by atoms with Gasteiger partial charge in [-0.1, -0.05) is 24.3 Å². The van der Waals surface area contributed by atoms with Crippen LogP contribution in [0.1, 0.15) is 25.0 Å². The van der Waals surface area contributed by atoms with E-state index in [0.29, 0.717) is 5.75 Å². The van der Waals surface area contributed by atoms with Gasteiger partial charge in [0.25, 0.3) is 0 Å². The van der Waals surface area contributed by atoms with Crippen LogP contribution in [0.5, 0.6) is 11.5 Å². The number of hydrogen-bond acceptors (Lipinski definition) is 3. The quantitative estimate of drug-likeness (QED) is 0.941. The first kappa shape index (κ1) is 14.4. The van der Waals surface area contributed by atoms with Gasteiger partial charge in [0.15, 0.2) is 11.5 Å². The number of carbonyl (C=O) groups excluding carboxylic acids is 1. The second kappa shape index (κ2) is 5.37. The molecule has 4 nitrogen and oxygen atoms in total. The van der Waals surface area contributed by atoms with Crippen LogP contribution in [-0.4, -0.2) is 12.7 Å². The Morgan fingerprint density at radius 3 is 2.59 bits per heavy atom. The van der Waals surface area contributed by atoms with Crippen LogP contribution in [0.3, 0.4) is 0 Å². The van der Waals surface area contributed by atoms with E-state index in [1.165, 1.54) is 0 Å². The van der Waals surface area contributed by atoms with Crippen molar-refractivity contribution < 1.29 is 14.3 Å². The second-order valence-corrected chi connectivity index (χ2v) is 5.96. The number of amides is 1. The van der Waals surface area contributed by atoms with Gasteiger partial charge in [-0.2, -0.15) is 0 Å². The van der Waals surface area contributed by atoms with Crippen LogP contribution in [0.2, 0.25) is 0 Å². The first-order valence-corrected chi connectivity index (χ1v) is 7.26. The Hall–Kier alpha value is -2.49. The number of nitrogens with one attached hydrogen (secondary N) is 1. The molecule has 0 radical (unpaired) electrons. The number of benzene rings is 2. The number of aryl methyl sites for hydroxylation is 1. The van der Waals surface area contributed by atoms with Crippen molar-refractivity contribution in [2.45, 2.75) is 26.2 Å². The number of hydrogen-bond donors (Lipinski definition) is 1. The van der Waals surface area contributed by atoms with Crippen LogP contribution in [0, 0.1) is 6.92 Å². The van der Waals surface area contributed by atoms with Crippen LogP contribution >= 0.6 is 0 Å². The lowest BCUT2D eigenvalue weighted by Crippen LogP contribution is -2.34. The highest BCUT2D eigenvalue weighted by Crippen LogP contribution is 2.36. The predicted octanol–water partition coefficient (Wildman–Crippen LogP) is 3.64. The van der Waals surface area contributed by atoms with E-state index in [9.17, 15) is 4.79 Å². The zero-order chi connectivity index (χ0) is 15.7. The largest absolute Gasteiger partial charge is 0.454 e. The van der Waals surface area contributed by atoms with Crippen LogP contribution in [0.25, 0.3) is 0 Å². The van der Waals surface area contributed by atoms with Crippen LogP contribution in [-0.2, 0) is 10.2 Å².